The number of hydrogen-bond donors (Lipinski definition) is 0. The van der Waals surface area contributed by atoms with Crippen LogP contribution < -0.4 is 0 Å². The van der Waals surface area contributed by atoms with Gasteiger partial charge in [-0.15, -0.1) is 0 Å². The van der Waals surface area contributed by atoms with Crippen LogP contribution >= 0.6 is 0 Å². The van der Waals surface area contributed by atoms with Gasteiger partial charge in [0.25, 0.3) is 0 Å². The fourth-order valence-corrected chi connectivity index (χ4v) is 3.38. The quantitative estimate of drug-likeness (QED) is 0.679. The first kappa shape index (κ1) is 9.45. The fraction of sp³-hybridized carbons (Fsp3) is 0.600. The van der Waals surface area contributed by atoms with E-state index in [0.29, 0.717) is 0 Å². The first-order valence-corrected chi connectivity index (χ1v) is 6.50. The van der Waals surface area contributed by atoms with Gasteiger partial charge < -0.3 is 0 Å². The summed E-state index contributed by atoms with van der Waals surface area (Å²) >= 11 is 0. The van der Waals surface area contributed by atoms with Crippen molar-refractivity contribution in [3.05, 3.63) is 35.9 Å². The zero-order chi connectivity index (χ0) is 10.1. The molecule has 0 aromatic heterocycles. The van der Waals surface area contributed by atoms with Crippen molar-refractivity contribution in [1.82, 2.24) is 0 Å². The summed E-state index contributed by atoms with van der Waals surface area (Å²) in [5.74, 6) is 2.92. The van der Waals surface area contributed by atoms with Gasteiger partial charge in [0.05, 0.1) is 0 Å². The van der Waals surface area contributed by atoms with Gasteiger partial charge in [-0.1, -0.05) is 43.2 Å². The van der Waals surface area contributed by atoms with Gasteiger partial charge in [0.2, 0.25) is 0 Å². The highest BCUT2D eigenvalue weighted by molar-refractivity contribution is 5.23. The van der Waals surface area contributed by atoms with Crippen molar-refractivity contribution < 1.29 is 0 Å². The van der Waals surface area contributed by atoms with Gasteiger partial charge in [-0.2, -0.15) is 0 Å². The lowest BCUT2D eigenvalue weighted by atomic mass is 9.81. The summed E-state index contributed by atoms with van der Waals surface area (Å²) < 4.78 is 0. The Bertz CT molecular complexity index is 304. The number of benzene rings is 1. The molecule has 3 rings (SSSR count). The molecule has 0 bridgehead atoms. The van der Waals surface area contributed by atoms with Crippen molar-refractivity contribution in [2.75, 3.05) is 0 Å². The van der Waals surface area contributed by atoms with Crippen LogP contribution in [-0.2, 0) is 0 Å². The molecule has 0 radical (unpaired) electrons. The Hall–Kier alpha value is -0.780. The Morgan fingerprint density at radius 1 is 0.800 bits per heavy atom. The van der Waals surface area contributed by atoms with E-state index >= 15 is 0 Å². The molecule has 2 fully saturated rings. The number of hydrogen-bond acceptors (Lipinski definition) is 0. The third-order valence-corrected chi connectivity index (χ3v) is 4.22. The van der Waals surface area contributed by atoms with E-state index in [9.17, 15) is 0 Å². The van der Waals surface area contributed by atoms with Crippen molar-refractivity contribution >= 4 is 0 Å². The molecule has 0 amide bonds. The maximum absolute atomic E-state index is 2.35. The molecule has 1 unspecified atom stereocenters. The predicted molar refractivity (Wildman–Crippen MR) is 63.9 cm³/mol. The molecule has 0 spiro atoms. The second-order valence-electron chi connectivity index (χ2n) is 5.32. The highest BCUT2D eigenvalue weighted by Gasteiger charge is 2.38. The maximum atomic E-state index is 2.35. The van der Waals surface area contributed by atoms with Crippen LogP contribution in [-0.4, -0.2) is 0 Å². The molecule has 15 heavy (non-hydrogen) atoms. The molecular weight excluding hydrogens is 180 g/mol. The van der Waals surface area contributed by atoms with Gasteiger partial charge in [-0.05, 0) is 49.0 Å². The molecule has 0 aliphatic heterocycles. The summed E-state index contributed by atoms with van der Waals surface area (Å²) in [6, 6.07) is 11.3. The van der Waals surface area contributed by atoms with Gasteiger partial charge in [-0.3, -0.25) is 0 Å². The zero-order valence-corrected chi connectivity index (χ0v) is 9.36. The smallest absolute Gasteiger partial charge is 0.0105 e. The van der Waals surface area contributed by atoms with Crippen molar-refractivity contribution in [1.29, 1.82) is 0 Å². The Morgan fingerprint density at radius 2 is 1.40 bits per heavy atom. The van der Waals surface area contributed by atoms with Gasteiger partial charge in [0.15, 0.2) is 0 Å². The minimum atomic E-state index is 0.897. The molecule has 0 heterocycles. The summed E-state index contributed by atoms with van der Waals surface area (Å²) in [6.07, 6.45) is 8.87. The van der Waals surface area contributed by atoms with E-state index in [0.717, 1.165) is 17.8 Å². The largest absolute Gasteiger partial charge is 0.0622 e. The van der Waals surface area contributed by atoms with E-state index in [1.54, 1.807) is 5.56 Å². The van der Waals surface area contributed by atoms with Gasteiger partial charge in [0, 0.05) is 0 Å². The number of rotatable bonds is 3. The zero-order valence-electron chi connectivity index (χ0n) is 9.36. The van der Waals surface area contributed by atoms with Crippen LogP contribution in [0.2, 0.25) is 0 Å². The van der Waals surface area contributed by atoms with E-state index in [4.69, 9.17) is 0 Å². The van der Waals surface area contributed by atoms with Gasteiger partial charge in [0.1, 0.15) is 0 Å². The SMILES string of the molecule is c1ccc(C(C2CCCC2)C2CC2)cc1. The maximum Gasteiger partial charge on any atom is -0.0105 e. The van der Waals surface area contributed by atoms with Crippen LogP contribution in [0.25, 0.3) is 0 Å². The normalized spacial score (nSPS) is 24.3. The Kier molecular flexibility index (Phi) is 2.52. The summed E-state index contributed by atoms with van der Waals surface area (Å²) in [5, 5.41) is 0. The van der Waals surface area contributed by atoms with Crippen molar-refractivity contribution in [3.8, 4) is 0 Å². The molecule has 0 N–H and O–H groups in total. The van der Waals surface area contributed by atoms with Crippen LogP contribution in [0.1, 0.15) is 50.0 Å². The predicted octanol–water partition coefficient (Wildman–Crippen LogP) is 4.37. The Balaban J connectivity index is 1.84. The summed E-state index contributed by atoms with van der Waals surface area (Å²) in [4.78, 5) is 0. The first-order valence-electron chi connectivity index (χ1n) is 6.50. The third kappa shape index (κ3) is 1.95. The molecule has 1 aromatic carbocycles. The van der Waals surface area contributed by atoms with E-state index in [1.807, 2.05) is 0 Å². The minimum absolute atomic E-state index is 0.897. The molecule has 80 valence electrons. The van der Waals surface area contributed by atoms with Gasteiger partial charge in [-0.25, -0.2) is 0 Å². The molecule has 2 aliphatic rings. The molecule has 0 nitrogen and oxygen atoms in total. The van der Waals surface area contributed by atoms with Crippen molar-refractivity contribution in [2.24, 2.45) is 11.8 Å². The molecule has 1 aromatic rings. The highest BCUT2D eigenvalue weighted by atomic mass is 14.4. The highest BCUT2D eigenvalue weighted by Crippen LogP contribution is 2.50. The minimum Gasteiger partial charge on any atom is -0.0622 e. The second-order valence-corrected chi connectivity index (χ2v) is 5.32. The lowest BCUT2D eigenvalue weighted by Crippen LogP contribution is -2.11. The van der Waals surface area contributed by atoms with Crippen LogP contribution in [0.5, 0.6) is 0 Å². The molecule has 1 atom stereocenters. The average Bonchev–Trinajstić information content (AvgIpc) is 2.96. The van der Waals surface area contributed by atoms with E-state index in [2.05, 4.69) is 30.3 Å². The molecule has 2 saturated carbocycles. The molecular formula is C15H20. The summed E-state index contributed by atoms with van der Waals surface area (Å²) in [5.41, 5.74) is 1.62. The molecule has 2 aliphatic carbocycles. The lowest BCUT2D eigenvalue weighted by Gasteiger charge is -2.23. The van der Waals surface area contributed by atoms with E-state index < -0.39 is 0 Å². The van der Waals surface area contributed by atoms with E-state index in [1.165, 1.54) is 38.5 Å². The van der Waals surface area contributed by atoms with E-state index in [-0.39, 0.29) is 0 Å². The average molecular weight is 200 g/mol. The Morgan fingerprint density at radius 3 is 2.00 bits per heavy atom. The molecule has 0 saturated heterocycles. The van der Waals surface area contributed by atoms with Crippen LogP contribution in [0.3, 0.4) is 0 Å². The monoisotopic (exact) mass is 200 g/mol. The third-order valence-electron chi connectivity index (χ3n) is 4.22. The fourth-order valence-electron chi connectivity index (χ4n) is 3.38. The van der Waals surface area contributed by atoms with Crippen LogP contribution in [0, 0.1) is 11.8 Å². The standard InChI is InChI=1S/C15H20/c1-2-6-12(7-3-1)15(14-10-11-14)13-8-4-5-9-13/h1-3,6-7,13-15H,4-5,8-11H2. The summed E-state index contributed by atoms with van der Waals surface area (Å²) in [7, 11) is 0. The Labute approximate surface area is 92.7 Å². The first-order chi connectivity index (χ1) is 7.45. The summed E-state index contributed by atoms with van der Waals surface area (Å²) in [6.45, 7) is 0. The van der Waals surface area contributed by atoms with Crippen molar-refractivity contribution in [3.63, 3.8) is 0 Å². The van der Waals surface area contributed by atoms with Gasteiger partial charge >= 0.3 is 0 Å². The molecule has 0 heteroatoms. The lowest BCUT2D eigenvalue weighted by molar-refractivity contribution is 0.396. The second kappa shape index (κ2) is 4.00. The van der Waals surface area contributed by atoms with Crippen LogP contribution in [0.15, 0.2) is 30.3 Å². The topological polar surface area (TPSA) is 0 Å². The van der Waals surface area contributed by atoms with Crippen LogP contribution in [0.4, 0.5) is 0 Å². The van der Waals surface area contributed by atoms with Crippen molar-refractivity contribution in [2.45, 2.75) is 44.4 Å².